The molecule has 6 nitrogen and oxygen atoms in total. The second-order valence-corrected chi connectivity index (χ2v) is 4.82. The van der Waals surface area contributed by atoms with Crippen molar-refractivity contribution in [3.63, 3.8) is 0 Å². The quantitative estimate of drug-likeness (QED) is 0.666. The number of carbonyl (C=O) groups excluding carboxylic acids is 1. The second-order valence-electron chi connectivity index (χ2n) is 3.81. The van der Waals surface area contributed by atoms with Crippen LogP contribution in [0.1, 0.15) is 16.2 Å². The van der Waals surface area contributed by atoms with Gasteiger partial charge in [-0.25, -0.2) is 4.79 Å². The lowest BCUT2D eigenvalue weighted by atomic mass is 10.2. The van der Waals surface area contributed by atoms with Crippen molar-refractivity contribution in [2.75, 3.05) is 12.8 Å². The van der Waals surface area contributed by atoms with E-state index in [1.807, 2.05) is 0 Å². The molecule has 1 heterocycles. The summed E-state index contributed by atoms with van der Waals surface area (Å²) in [6.45, 7) is 0. The van der Waals surface area contributed by atoms with E-state index >= 15 is 0 Å². The van der Waals surface area contributed by atoms with Crippen LogP contribution in [0.2, 0.25) is 0 Å². The topological polar surface area (TPSA) is 93.9 Å². The van der Waals surface area contributed by atoms with Crippen molar-refractivity contribution in [1.82, 2.24) is 15.2 Å². The molecule has 0 unspecified atom stereocenters. The van der Waals surface area contributed by atoms with Gasteiger partial charge < -0.3 is 10.5 Å². The molecule has 10 heteroatoms. The number of rotatable bonds is 3. The standard InChI is InChI=1S/C11H9F3N4O2S/c1-20-8(19)5-2-3-7(6(15)4-5)21-10-16-9(17-18-10)11(12,13)14/h2-4H,15H2,1H3,(H,16,17,18). The van der Waals surface area contributed by atoms with E-state index < -0.39 is 18.0 Å². The third-order valence-corrected chi connectivity index (χ3v) is 3.32. The summed E-state index contributed by atoms with van der Waals surface area (Å²) in [5.74, 6) is -1.75. The molecule has 1 aromatic heterocycles. The van der Waals surface area contributed by atoms with Crippen LogP contribution in [0.4, 0.5) is 18.9 Å². The fraction of sp³-hybridized carbons (Fsp3) is 0.182. The minimum atomic E-state index is -4.59. The van der Waals surface area contributed by atoms with Crippen LogP contribution >= 0.6 is 11.8 Å². The van der Waals surface area contributed by atoms with Gasteiger partial charge in [-0.1, -0.05) is 0 Å². The smallest absolute Gasteiger partial charge is 0.451 e. The van der Waals surface area contributed by atoms with E-state index in [0.29, 0.717) is 4.90 Å². The first-order valence-corrected chi connectivity index (χ1v) is 6.28. The van der Waals surface area contributed by atoms with Crippen molar-refractivity contribution in [3.8, 4) is 0 Å². The number of anilines is 1. The number of benzene rings is 1. The molecule has 112 valence electrons. The molecule has 0 aliphatic rings. The number of nitrogens with two attached hydrogens (primary N) is 1. The van der Waals surface area contributed by atoms with Gasteiger partial charge in [0.1, 0.15) is 0 Å². The summed E-state index contributed by atoms with van der Waals surface area (Å²) in [6, 6.07) is 4.29. The van der Waals surface area contributed by atoms with Crippen LogP contribution in [0.5, 0.6) is 0 Å². The molecule has 0 spiro atoms. The summed E-state index contributed by atoms with van der Waals surface area (Å²) in [5.41, 5.74) is 6.19. The third kappa shape index (κ3) is 3.45. The summed E-state index contributed by atoms with van der Waals surface area (Å²) in [4.78, 5) is 15.1. The fourth-order valence-corrected chi connectivity index (χ4v) is 2.14. The van der Waals surface area contributed by atoms with E-state index in [0.717, 1.165) is 11.8 Å². The lowest BCUT2D eigenvalue weighted by Crippen LogP contribution is -2.07. The highest BCUT2D eigenvalue weighted by molar-refractivity contribution is 7.99. The Hall–Kier alpha value is -2.23. The molecule has 2 rings (SSSR count). The SMILES string of the molecule is COC(=O)c1ccc(Sc2n[nH]c(C(F)(F)F)n2)c(N)c1. The number of hydrogen-bond acceptors (Lipinski definition) is 6. The number of nitrogens with one attached hydrogen (secondary N) is 1. The van der Waals surface area contributed by atoms with Crippen molar-refractivity contribution < 1.29 is 22.7 Å². The van der Waals surface area contributed by atoms with E-state index in [-0.39, 0.29) is 16.4 Å². The maximum Gasteiger partial charge on any atom is 0.451 e. The highest BCUT2D eigenvalue weighted by Crippen LogP contribution is 2.33. The highest BCUT2D eigenvalue weighted by Gasteiger charge is 2.35. The maximum atomic E-state index is 12.4. The first kappa shape index (κ1) is 15.2. The van der Waals surface area contributed by atoms with Gasteiger partial charge in [-0.2, -0.15) is 18.2 Å². The number of alkyl halides is 3. The average Bonchev–Trinajstić information content (AvgIpc) is 2.88. The molecule has 0 aliphatic heterocycles. The lowest BCUT2D eigenvalue weighted by Gasteiger charge is -2.05. The molecular formula is C11H9F3N4O2S. The van der Waals surface area contributed by atoms with Gasteiger partial charge in [-0.3, -0.25) is 5.10 Å². The number of H-pyrrole nitrogens is 1. The number of ether oxygens (including phenoxy) is 1. The van der Waals surface area contributed by atoms with Crippen molar-refractivity contribution >= 4 is 23.4 Å². The Morgan fingerprint density at radius 1 is 1.43 bits per heavy atom. The number of esters is 1. The summed E-state index contributed by atoms with van der Waals surface area (Å²) in [6.07, 6.45) is -4.59. The van der Waals surface area contributed by atoms with Gasteiger partial charge in [0.05, 0.1) is 12.7 Å². The lowest BCUT2D eigenvalue weighted by molar-refractivity contribution is -0.144. The number of nitrogen functional groups attached to an aromatic ring is 1. The number of carbonyl (C=O) groups is 1. The van der Waals surface area contributed by atoms with E-state index in [1.165, 1.54) is 25.3 Å². The molecule has 0 atom stereocenters. The van der Waals surface area contributed by atoms with Gasteiger partial charge in [0, 0.05) is 10.6 Å². The molecule has 1 aromatic carbocycles. The molecule has 0 aliphatic carbocycles. The Morgan fingerprint density at radius 2 is 2.14 bits per heavy atom. The van der Waals surface area contributed by atoms with E-state index in [9.17, 15) is 18.0 Å². The minimum absolute atomic E-state index is 0.125. The van der Waals surface area contributed by atoms with Crippen LogP contribution in [0.25, 0.3) is 0 Å². The maximum absolute atomic E-state index is 12.4. The minimum Gasteiger partial charge on any atom is -0.465 e. The van der Waals surface area contributed by atoms with Gasteiger partial charge in [0.2, 0.25) is 11.0 Å². The zero-order valence-electron chi connectivity index (χ0n) is 10.6. The second kappa shape index (κ2) is 5.64. The number of nitrogens with zero attached hydrogens (tertiary/aromatic N) is 2. The Morgan fingerprint density at radius 3 is 2.67 bits per heavy atom. The van der Waals surface area contributed by atoms with Crippen molar-refractivity contribution in [2.24, 2.45) is 0 Å². The Labute approximate surface area is 120 Å². The first-order valence-electron chi connectivity index (χ1n) is 5.46. The summed E-state index contributed by atoms with van der Waals surface area (Å²) < 4.78 is 41.7. The number of aromatic amines is 1. The van der Waals surface area contributed by atoms with Gasteiger partial charge in [-0.15, -0.1) is 5.10 Å². The van der Waals surface area contributed by atoms with Crippen LogP contribution in [-0.4, -0.2) is 28.3 Å². The van der Waals surface area contributed by atoms with Crippen LogP contribution in [0.3, 0.4) is 0 Å². The molecule has 2 aromatic rings. The predicted octanol–water partition coefficient (Wildman–Crippen LogP) is 2.34. The summed E-state index contributed by atoms with van der Waals surface area (Å²) >= 11 is 0.849. The van der Waals surface area contributed by atoms with Crippen molar-refractivity contribution in [2.45, 2.75) is 16.2 Å². The molecule has 0 saturated heterocycles. The molecule has 0 saturated carbocycles. The average molecular weight is 318 g/mol. The predicted molar refractivity (Wildman–Crippen MR) is 67.7 cm³/mol. The van der Waals surface area contributed by atoms with Gasteiger partial charge in [0.15, 0.2) is 0 Å². The van der Waals surface area contributed by atoms with Crippen LogP contribution in [-0.2, 0) is 10.9 Å². The largest absolute Gasteiger partial charge is 0.465 e. The summed E-state index contributed by atoms with van der Waals surface area (Å²) in [7, 11) is 1.23. The third-order valence-electron chi connectivity index (χ3n) is 2.37. The number of halogens is 3. The molecule has 0 fully saturated rings. The van der Waals surface area contributed by atoms with Gasteiger partial charge >= 0.3 is 12.1 Å². The molecule has 3 N–H and O–H groups in total. The highest BCUT2D eigenvalue weighted by atomic mass is 32.2. The van der Waals surface area contributed by atoms with Crippen LogP contribution < -0.4 is 5.73 Å². The fourth-order valence-electron chi connectivity index (χ4n) is 1.40. The van der Waals surface area contributed by atoms with E-state index in [4.69, 9.17) is 5.73 Å². The van der Waals surface area contributed by atoms with Gasteiger partial charge in [-0.05, 0) is 30.0 Å². The molecule has 0 amide bonds. The number of methoxy groups -OCH3 is 1. The number of hydrogen-bond donors (Lipinski definition) is 2. The van der Waals surface area contributed by atoms with Crippen molar-refractivity contribution in [3.05, 3.63) is 29.6 Å². The Balaban J connectivity index is 2.20. The molecule has 21 heavy (non-hydrogen) atoms. The Bertz CT molecular complexity index is 672. The summed E-state index contributed by atoms with van der Waals surface area (Å²) in [5, 5.41) is 5.13. The molecule has 0 radical (unpaired) electrons. The Kier molecular flexibility index (Phi) is 4.07. The molecule has 0 bridgehead atoms. The normalized spacial score (nSPS) is 11.4. The van der Waals surface area contributed by atoms with Crippen LogP contribution in [0.15, 0.2) is 28.3 Å². The molecular weight excluding hydrogens is 309 g/mol. The zero-order valence-corrected chi connectivity index (χ0v) is 11.4. The van der Waals surface area contributed by atoms with E-state index in [1.54, 1.807) is 5.10 Å². The van der Waals surface area contributed by atoms with Gasteiger partial charge in [0.25, 0.3) is 0 Å². The van der Waals surface area contributed by atoms with E-state index in [2.05, 4.69) is 14.8 Å². The van der Waals surface area contributed by atoms with Crippen LogP contribution in [0, 0.1) is 0 Å². The monoisotopic (exact) mass is 318 g/mol. The van der Waals surface area contributed by atoms with Crippen molar-refractivity contribution in [1.29, 1.82) is 0 Å². The first-order chi connectivity index (χ1) is 9.81. The zero-order chi connectivity index (χ0) is 15.6. The number of aromatic nitrogens is 3.